The number of carbonyl (C=O) groups is 1. The molecule has 4 heteroatoms. The van der Waals surface area contributed by atoms with Crippen LogP contribution >= 0.6 is 0 Å². The van der Waals surface area contributed by atoms with E-state index in [1.165, 1.54) is 7.11 Å². The van der Waals surface area contributed by atoms with Crippen molar-refractivity contribution in [2.24, 2.45) is 5.92 Å². The highest BCUT2D eigenvalue weighted by molar-refractivity contribution is 5.88. The van der Waals surface area contributed by atoms with Crippen molar-refractivity contribution in [3.8, 4) is 0 Å². The van der Waals surface area contributed by atoms with Crippen molar-refractivity contribution in [2.45, 2.75) is 20.3 Å². The minimum absolute atomic E-state index is 0.175. The smallest absolute Gasteiger partial charge is 0.333 e. The summed E-state index contributed by atoms with van der Waals surface area (Å²) in [7, 11) is 1.38. The Morgan fingerprint density at radius 2 is 2.27 bits per heavy atom. The molecule has 0 aromatic carbocycles. The van der Waals surface area contributed by atoms with Crippen molar-refractivity contribution < 1.29 is 14.6 Å². The number of ether oxygens (including phenoxy) is 1. The Kier molecular flexibility index (Phi) is 7.95. The van der Waals surface area contributed by atoms with Gasteiger partial charge in [-0.15, -0.1) is 0 Å². The monoisotopic (exact) mass is 215 g/mol. The van der Waals surface area contributed by atoms with E-state index < -0.39 is 0 Å². The van der Waals surface area contributed by atoms with Crippen LogP contribution in [0, 0.1) is 5.92 Å². The lowest BCUT2D eigenvalue weighted by molar-refractivity contribution is -0.136. The molecule has 0 aromatic rings. The maximum Gasteiger partial charge on any atom is 0.333 e. The zero-order chi connectivity index (χ0) is 11.7. The molecule has 0 fully saturated rings. The van der Waals surface area contributed by atoms with Gasteiger partial charge in [0.2, 0.25) is 0 Å². The second kappa shape index (κ2) is 8.44. The molecule has 1 unspecified atom stereocenters. The fourth-order valence-corrected chi connectivity index (χ4v) is 1.09. The molecule has 15 heavy (non-hydrogen) atoms. The van der Waals surface area contributed by atoms with Crippen LogP contribution in [0.25, 0.3) is 0 Å². The topological polar surface area (TPSA) is 58.6 Å². The number of hydrogen-bond donors (Lipinski definition) is 2. The van der Waals surface area contributed by atoms with Crippen LogP contribution in [0.1, 0.15) is 20.3 Å². The molecule has 0 aliphatic heterocycles. The second-order valence-electron chi connectivity index (χ2n) is 3.52. The van der Waals surface area contributed by atoms with Crippen LogP contribution in [-0.2, 0) is 9.53 Å². The molecule has 4 nitrogen and oxygen atoms in total. The lowest BCUT2D eigenvalue weighted by atomic mass is 10.2. The standard InChI is InChI=1S/C11H21NO3/c1-4-10(11(14)15-3)5-6-12-7-9(2)8-13/h5,9,12-13H,4,6-8H2,1-3H3. The minimum Gasteiger partial charge on any atom is -0.466 e. The van der Waals surface area contributed by atoms with Gasteiger partial charge in [-0.2, -0.15) is 0 Å². The number of aliphatic hydroxyl groups excluding tert-OH is 1. The van der Waals surface area contributed by atoms with E-state index in [1.807, 2.05) is 19.9 Å². The van der Waals surface area contributed by atoms with Crippen LogP contribution in [0.4, 0.5) is 0 Å². The molecular weight excluding hydrogens is 194 g/mol. The third kappa shape index (κ3) is 6.25. The Hall–Kier alpha value is -0.870. The Balaban J connectivity index is 3.86. The normalized spacial score (nSPS) is 13.7. The van der Waals surface area contributed by atoms with Crippen LogP contribution in [0.2, 0.25) is 0 Å². The molecule has 0 bridgehead atoms. The number of esters is 1. The molecule has 0 spiro atoms. The van der Waals surface area contributed by atoms with Crippen LogP contribution in [-0.4, -0.2) is 37.9 Å². The molecule has 2 N–H and O–H groups in total. The first-order chi connectivity index (χ1) is 7.15. The summed E-state index contributed by atoms with van der Waals surface area (Å²) in [6.45, 7) is 5.42. The Morgan fingerprint density at radius 1 is 1.60 bits per heavy atom. The Labute approximate surface area is 91.3 Å². The maximum atomic E-state index is 11.2. The average Bonchev–Trinajstić information content (AvgIpc) is 2.27. The van der Waals surface area contributed by atoms with Gasteiger partial charge in [0.1, 0.15) is 0 Å². The van der Waals surface area contributed by atoms with E-state index >= 15 is 0 Å². The minimum atomic E-state index is -0.269. The second-order valence-corrected chi connectivity index (χ2v) is 3.52. The summed E-state index contributed by atoms with van der Waals surface area (Å²) in [5.74, 6) is -0.0314. The van der Waals surface area contributed by atoms with Gasteiger partial charge in [-0.05, 0) is 12.3 Å². The third-order valence-electron chi connectivity index (χ3n) is 2.13. The van der Waals surface area contributed by atoms with Crippen molar-refractivity contribution in [1.29, 1.82) is 0 Å². The first-order valence-electron chi connectivity index (χ1n) is 5.24. The Bertz CT molecular complexity index is 214. The first kappa shape index (κ1) is 14.1. The fraction of sp³-hybridized carbons (Fsp3) is 0.727. The molecule has 1 atom stereocenters. The number of hydrogen-bond acceptors (Lipinski definition) is 4. The van der Waals surface area contributed by atoms with E-state index in [0.717, 1.165) is 6.54 Å². The van der Waals surface area contributed by atoms with Gasteiger partial charge in [0.05, 0.1) is 7.11 Å². The summed E-state index contributed by atoms with van der Waals surface area (Å²) >= 11 is 0. The lowest BCUT2D eigenvalue weighted by Gasteiger charge is -2.08. The quantitative estimate of drug-likeness (QED) is 0.373. The summed E-state index contributed by atoms with van der Waals surface area (Å²) in [6.07, 6.45) is 2.50. The number of carbonyl (C=O) groups excluding carboxylic acids is 1. The highest BCUT2D eigenvalue weighted by atomic mass is 16.5. The van der Waals surface area contributed by atoms with Crippen molar-refractivity contribution in [1.82, 2.24) is 5.32 Å². The fourth-order valence-electron chi connectivity index (χ4n) is 1.09. The summed E-state index contributed by atoms with van der Waals surface area (Å²) in [5, 5.41) is 11.9. The van der Waals surface area contributed by atoms with Gasteiger partial charge in [0.25, 0.3) is 0 Å². The lowest BCUT2D eigenvalue weighted by Crippen LogP contribution is -2.23. The van der Waals surface area contributed by atoms with Gasteiger partial charge in [0, 0.05) is 25.3 Å². The molecule has 0 aromatic heterocycles. The largest absolute Gasteiger partial charge is 0.466 e. The molecule has 0 radical (unpaired) electrons. The van der Waals surface area contributed by atoms with Crippen molar-refractivity contribution in [3.05, 3.63) is 11.6 Å². The van der Waals surface area contributed by atoms with E-state index in [0.29, 0.717) is 18.5 Å². The third-order valence-corrected chi connectivity index (χ3v) is 2.13. The van der Waals surface area contributed by atoms with E-state index in [9.17, 15) is 4.79 Å². The predicted octanol–water partition coefficient (Wildman–Crippen LogP) is 0.714. The highest BCUT2D eigenvalue weighted by Gasteiger charge is 2.05. The van der Waals surface area contributed by atoms with Gasteiger partial charge >= 0.3 is 5.97 Å². The molecule has 0 rings (SSSR count). The van der Waals surface area contributed by atoms with Crippen LogP contribution in [0.5, 0.6) is 0 Å². The van der Waals surface area contributed by atoms with Crippen molar-refractivity contribution in [2.75, 3.05) is 26.8 Å². The van der Waals surface area contributed by atoms with Gasteiger partial charge in [0.15, 0.2) is 0 Å². The van der Waals surface area contributed by atoms with E-state index in [4.69, 9.17) is 5.11 Å². The van der Waals surface area contributed by atoms with Gasteiger partial charge in [-0.1, -0.05) is 19.9 Å². The summed E-state index contributed by atoms with van der Waals surface area (Å²) in [6, 6.07) is 0. The molecule has 0 saturated carbocycles. The number of rotatable bonds is 7. The van der Waals surface area contributed by atoms with Gasteiger partial charge < -0.3 is 15.2 Å². The van der Waals surface area contributed by atoms with Gasteiger partial charge in [-0.25, -0.2) is 4.79 Å². The van der Waals surface area contributed by atoms with Crippen LogP contribution < -0.4 is 5.32 Å². The van der Waals surface area contributed by atoms with Crippen LogP contribution in [0.3, 0.4) is 0 Å². The summed E-state index contributed by atoms with van der Waals surface area (Å²) < 4.78 is 4.63. The molecule has 0 heterocycles. The van der Waals surface area contributed by atoms with Crippen molar-refractivity contribution in [3.63, 3.8) is 0 Å². The SMILES string of the molecule is CCC(=CCNCC(C)CO)C(=O)OC. The molecule has 88 valence electrons. The average molecular weight is 215 g/mol. The highest BCUT2D eigenvalue weighted by Crippen LogP contribution is 2.01. The molecule has 0 saturated heterocycles. The molecular formula is C11H21NO3. The number of nitrogens with one attached hydrogen (secondary N) is 1. The van der Waals surface area contributed by atoms with Crippen LogP contribution in [0.15, 0.2) is 11.6 Å². The molecule has 0 aliphatic carbocycles. The maximum absolute atomic E-state index is 11.2. The zero-order valence-corrected chi connectivity index (χ0v) is 9.75. The van der Waals surface area contributed by atoms with E-state index in [1.54, 1.807) is 0 Å². The first-order valence-corrected chi connectivity index (χ1v) is 5.24. The van der Waals surface area contributed by atoms with Gasteiger partial charge in [-0.3, -0.25) is 0 Å². The predicted molar refractivity (Wildman–Crippen MR) is 59.5 cm³/mol. The zero-order valence-electron chi connectivity index (χ0n) is 9.75. The summed E-state index contributed by atoms with van der Waals surface area (Å²) in [5.41, 5.74) is 0.682. The van der Waals surface area contributed by atoms with E-state index in [2.05, 4.69) is 10.1 Å². The molecule has 0 aliphatic rings. The van der Waals surface area contributed by atoms with Crippen molar-refractivity contribution >= 4 is 5.97 Å². The van der Waals surface area contributed by atoms with E-state index in [-0.39, 0.29) is 18.5 Å². The Morgan fingerprint density at radius 3 is 2.73 bits per heavy atom. The summed E-state index contributed by atoms with van der Waals surface area (Å²) in [4.78, 5) is 11.2. The number of methoxy groups -OCH3 is 1. The number of aliphatic hydroxyl groups is 1. The molecule has 0 amide bonds.